The molecule has 7 nitrogen and oxygen atoms in total. The molecular weight excluding hydrogens is 438 g/mol. The van der Waals surface area contributed by atoms with Crippen molar-refractivity contribution in [1.29, 1.82) is 0 Å². The second-order valence-corrected chi connectivity index (χ2v) is 9.26. The monoisotopic (exact) mass is 469 g/mol. The number of hydrogen-bond acceptors (Lipinski definition) is 5. The van der Waals surface area contributed by atoms with Crippen LogP contribution in [0.3, 0.4) is 0 Å². The average Bonchev–Trinajstić information content (AvgIpc) is 3.34. The first kappa shape index (κ1) is 22.9. The molecule has 0 unspecified atom stereocenters. The first-order valence-electron chi connectivity index (χ1n) is 12.1. The zero-order valence-corrected chi connectivity index (χ0v) is 20.5. The molecule has 0 saturated carbocycles. The van der Waals surface area contributed by atoms with Gasteiger partial charge in [-0.25, -0.2) is 9.50 Å². The van der Waals surface area contributed by atoms with Gasteiger partial charge in [0.25, 0.3) is 0 Å². The number of fused-ring (bicyclic) bond motifs is 1. The Bertz CT molecular complexity index is 1350. The smallest absolute Gasteiger partial charge is 0.225 e. The van der Waals surface area contributed by atoms with Gasteiger partial charge in [-0.1, -0.05) is 24.3 Å². The third kappa shape index (κ3) is 4.85. The predicted octanol–water partition coefficient (Wildman–Crippen LogP) is 4.55. The number of rotatable bonds is 6. The number of amides is 1. The highest BCUT2D eigenvalue weighted by molar-refractivity contribution is 5.81. The quantitative estimate of drug-likeness (QED) is 0.448. The van der Waals surface area contributed by atoms with Crippen molar-refractivity contribution in [2.75, 3.05) is 25.1 Å². The van der Waals surface area contributed by atoms with Crippen LogP contribution in [0.5, 0.6) is 5.75 Å². The van der Waals surface area contributed by atoms with Crippen LogP contribution in [0.4, 0.5) is 5.82 Å². The van der Waals surface area contributed by atoms with Gasteiger partial charge in [-0.2, -0.15) is 5.10 Å². The van der Waals surface area contributed by atoms with Crippen LogP contribution >= 0.6 is 0 Å². The van der Waals surface area contributed by atoms with Crippen LogP contribution in [0, 0.1) is 19.8 Å². The van der Waals surface area contributed by atoms with Gasteiger partial charge in [0.1, 0.15) is 11.3 Å². The Labute approximate surface area is 205 Å². The van der Waals surface area contributed by atoms with Crippen molar-refractivity contribution in [1.82, 2.24) is 19.9 Å². The number of carbonyl (C=O) groups is 1. The molecule has 0 bridgehead atoms. The SMILES string of the molecule is COc1ccc(CNC(=O)[C@H]2CCCN(c3nccn4nc(-c5ccc(C)c(C)c5)cc34)C2)cc1. The highest BCUT2D eigenvalue weighted by Gasteiger charge is 2.27. The lowest BCUT2D eigenvalue weighted by Gasteiger charge is -2.33. The van der Waals surface area contributed by atoms with Crippen LogP contribution in [0.2, 0.25) is 0 Å². The Morgan fingerprint density at radius 1 is 1.11 bits per heavy atom. The van der Waals surface area contributed by atoms with Gasteiger partial charge >= 0.3 is 0 Å². The molecule has 0 aliphatic carbocycles. The second-order valence-electron chi connectivity index (χ2n) is 9.26. The Morgan fingerprint density at radius 2 is 1.94 bits per heavy atom. The van der Waals surface area contributed by atoms with Crippen LogP contribution in [0.1, 0.15) is 29.5 Å². The summed E-state index contributed by atoms with van der Waals surface area (Å²) in [5.41, 5.74) is 6.55. The van der Waals surface area contributed by atoms with Crippen molar-refractivity contribution in [3.8, 4) is 17.0 Å². The van der Waals surface area contributed by atoms with Crippen molar-refractivity contribution in [3.63, 3.8) is 0 Å². The van der Waals surface area contributed by atoms with E-state index in [1.165, 1.54) is 11.1 Å². The number of nitrogens with one attached hydrogen (secondary N) is 1. The molecule has 0 spiro atoms. The zero-order chi connectivity index (χ0) is 24.4. The van der Waals surface area contributed by atoms with Crippen LogP contribution in [0.15, 0.2) is 60.9 Å². The highest BCUT2D eigenvalue weighted by atomic mass is 16.5. The molecular formula is C28H31N5O2. The van der Waals surface area contributed by atoms with E-state index in [4.69, 9.17) is 14.8 Å². The van der Waals surface area contributed by atoms with Crippen molar-refractivity contribution in [2.45, 2.75) is 33.2 Å². The molecule has 7 heteroatoms. The van der Waals surface area contributed by atoms with Gasteiger partial charge in [0.05, 0.1) is 18.7 Å². The maximum absolute atomic E-state index is 13.0. The number of nitrogens with zero attached hydrogens (tertiary/aromatic N) is 4. The molecule has 1 aliphatic heterocycles. The van der Waals surface area contributed by atoms with Gasteiger partial charge in [0, 0.05) is 37.6 Å². The first-order chi connectivity index (χ1) is 17.0. The van der Waals surface area contributed by atoms with Crippen molar-refractivity contribution < 1.29 is 9.53 Å². The standard InChI is InChI=1S/C28H31N5O2/c1-19-6-9-22(15-20(19)2)25-16-26-27(29-12-14-33(26)31-25)32-13-4-5-23(18-32)28(34)30-17-21-7-10-24(35-3)11-8-21/h6-12,14-16,23H,4-5,13,17-18H2,1-3H3,(H,30,34)/t23-/m0/s1. The molecule has 1 saturated heterocycles. The number of carbonyl (C=O) groups excluding carboxylic acids is 1. The van der Waals surface area contributed by atoms with Gasteiger partial charge in [-0.15, -0.1) is 0 Å². The second kappa shape index (κ2) is 9.78. The summed E-state index contributed by atoms with van der Waals surface area (Å²) in [7, 11) is 1.65. The lowest BCUT2D eigenvalue weighted by atomic mass is 9.97. The van der Waals surface area contributed by atoms with Gasteiger partial charge < -0.3 is 15.0 Å². The third-order valence-corrected chi connectivity index (χ3v) is 6.89. The molecule has 2 aromatic heterocycles. The number of methoxy groups -OCH3 is 1. The molecule has 3 heterocycles. The minimum absolute atomic E-state index is 0.0776. The maximum Gasteiger partial charge on any atom is 0.225 e. The van der Waals surface area contributed by atoms with E-state index in [1.54, 1.807) is 13.3 Å². The molecule has 1 atom stereocenters. The zero-order valence-electron chi connectivity index (χ0n) is 20.5. The third-order valence-electron chi connectivity index (χ3n) is 6.89. The summed E-state index contributed by atoms with van der Waals surface area (Å²) < 4.78 is 7.09. The summed E-state index contributed by atoms with van der Waals surface area (Å²) in [5, 5.41) is 7.91. The molecule has 1 amide bonds. The summed E-state index contributed by atoms with van der Waals surface area (Å²) >= 11 is 0. The fraction of sp³-hybridized carbons (Fsp3) is 0.321. The van der Waals surface area contributed by atoms with Crippen molar-refractivity contribution in [2.24, 2.45) is 5.92 Å². The Balaban J connectivity index is 1.31. The van der Waals surface area contributed by atoms with E-state index in [2.05, 4.69) is 48.3 Å². The fourth-order valence-electron chi connectivity index (χ4n) is 4.65. The Hall–Kier alpha value is -3.87. The van der Waals surface area contributed by atoms with Crippen LogP contribution in [-0.2, 0) is 11.3 Å². The van der Waals surface area contributed by atoms with E-state index in [-0.39, 0.29) is 11.8 Å². The highest BCUT2D eigenvalue weighted by Crippen LogP contribution is 2.29. The van der Waals surface area contributed by atoms with Gasteiger partial charge in [0.15, 0.2) is 5.82 Å². The molecule has 1 N–H and O–H groups in total. The summed E-state index contributed by atoms with van der Waals surface area (Å²) in [6.45, 7) is 6.26. The average molecular weight is 470 g/mol. The topological polar surface area (TPSA) is 71.8 Å². The van der Waals surface area contributed by atoms with E-state index >= 15 is 0 Å². The number of piperidine rings is 1. The number of aromatic nitrogens is 3. The minimum atomic E-state index is -0.0776. The lowest BCUT2D eigenvalue weighted by Crippen LogP contribution is -2.43. The summed E-state index contributed by atoms with van der Waals surface area (Å²) in [6.07, 6.45) is 5.49. The summed E-state index contributed by atoms with van der Waals surface area (Å²) in [6, 6.07) is 16.3. The molecule has 2 aromatic carbocycles. The fourth-order valence-corrected chi connectivity index (χ4v) is 4.65. The Kier molecular flexibility index (Phi) is 6.40. The van der Waals surface area contributed by atoms with Crippen LogP contribution in [0.25, 0.3) is 16.8 Å². The molecule has 4 aromatic rings. The normalized spacial score (nSPS) is 15.9. The summed E-state index contributed by atoms with van der Waals surface area (Å²) in [5.74, 6) is 1.70. The number of benzene rings is 2. The molecule has 1 aliphatic rings. The van der Waals surface area contributed by atoms with Crippen molar-refractivity contribution >= 4 is 17.2 Å². The molecule has 1 fully saturated rings. The van der Waals surface area contributed by atoms with E-state index < -0.39 is 0 Å². The van der Waals surface area contributed by atoms with E-state index in [0.717, 1.165) is 53.3 Å². The summed E-state index contributed by atoms with van der Waals surface area (Å²) in [4.78, 5) is 19.9. The van der Waals surface area contributed by atoms with E-state index in [1.807, 2.05) is 35.0 Å². The van der Waals surface area contributed by atoms with E-state index in [0.29, 0.717) is 13.1 Å². The van der Waals surface area contributed by atoms with Gasteiger partial charge in [-0.05, 0) is 67.6 Å². The lowest BCUT2D eigenvalue weighted by molar-refractivity contribution is -0.125. The molecule has 180 valence electrons. The van der Waals surface area contributed by atoms with E-state index in [9.17, 15) is 4.79 Å². The predicted molar refractivity (Wildman–Crippen MR) is 138 cm³/mol. The maximum atomic E-state index is 13.0. The largest absolute Gasteiger partial charge is 0.497 e. The first-order valence-corrected chi connectivity index (χ1v) is 12.1. The molecule has 5 rings (SSSR count). The van der Waals surface area contributed by atoms with Crippen LogP contribution < -0.4 is 15.0 Å². The number of aryl methyl sites for hydroxylation is 2. The number of anilines is 1. The Morgan fingerprint density at radius 3 is 2.71 bits per heavy atom. The van der Waals surface area contributed by atoms with Crippen LogP contribution in [-0.4, -0.2) is 40.7 Å². The van der Waals surface area contributed by atoms with Gasteiger partial charge in [0.2, 0.25) is 5.91 Å². The molecule has 35 heavy (non-hydrogen) atoms. The molecule has 0 radical (unpaired) electrons. The number of ether oxygens (including phenoxy) is 1. The minimum Gasteiger partial charge on any atom is -0.497 e. The number of hydrogen-bond donors (Lipinski definition) is 1. The van der Waals surface area contributed by atoms with Gasteiger partial charge in [-0.3, -0.25) is 4.79 Å². The van der Waals surface area contributed by atoms with Crippen molar-refractivity contribution in [3.05, 3.63) is 77.6 Å².